The number of nitrogens with zero attached hydrogens (tertiary/aromatic N) is 3. The van der Waals surface area contributed by atoms with E-state index in [1.807, 2.05) is 19.1 Å². The second kappa shape index (κ2) is 7.59. The number of rotatable bonds is 5. The predicted molar refractivity (Wildman–Crippen MR) is 104 cm³/mol. The van der Waals surface area contributed by atoms with E-state index in [1.165, 1.54) is 18.3 Å². The third-order valence-corrected chi connectivity index (χ3v) is 4.42. The normalized spacial score (nSPS) is 10.6. The second-order valence-corrected chi connectivity index (χ2v) is 6.40. The molecular formula is C19H17ClN4O3. The number of hydrogen-bond donors (Lipinski definition) is 1. The van der Waals surface area contributed by atoms with Crippen molar-refractivity contribution in [3.8, 4) is 5.69 Å². The van der Waals surface area contributed by atoms with Gasteiger partial charge in [-0.25, -0.2) is 4.68 Å². The maximum atomic E-state index is 12.8. The van der Waals surface area contributed by atoms with Crippen LogP contribution in [0.1, 0.15) is 28.5 Å². The fourth-order valence-corrected chi connectivity index (χ4v) is 2.97. The van der Waals surface area contributed by atoms with Crippen molar-refractivity contribution in [1.29, 1.82) is 0 Å². The van der Waals surface area contributed by atoms with Gasteiger partial charge in [-0.2, -0.15) is 5.10 Å². The lowest BCUT2D eigenvalue weighted by Gasteiger charge is -2.10. The zero-order valence-corrected chi connectivity index (χ0v) is 15.5. The first-order valence-electron chi connectivity index (χ1n) is 8.30. The van der Waals surface area contributed by atoms with Crippen molar-refractivity contribution >= 4 is 28.9 Å². The topological polar surface area (TPSA) is 90.1 Å². The summed E-state index contributed by atoms with van der Waals surface area (Å²) in [7, 11) is 0. The molecule has 3 rings (SSSR count). The van der Waals surface area contributed by atoms with Gasteiger partial charge in [-0.05, 0) is 37.1 Å². The molecule has 27 heavy (non-hydrogen) atoms. The Hall–Kier alpha value is -3.19. The third kappa shape index (κ3) is 3.83. The number of nitro benzene ring substituents is 1. The summed E-state index contributed by atoms with van der Waals surface area (Å²) in [6, 6.07) is 11.5. The molecule has 138 valence electrons. The minimum absolute atomic E-state index is 0.0822. The smallest absolute Gasteiger partial charge is 0.271 e. The lowest BCUT2D eigenvalue weighted by Crippen LogP contribution is -2.15. The molecule has 0 radical (unpaired) electrons. The van der Waals surface area contributed by atoms with E-state index in [9.17, 15) is 14.9 Å². The van der Waals surface area contributed by atoms with Crippen molar-refractivity contribution < 1.29 is 9.72 Å². The number of amides is 1. The minimum atomic E-state index is -0.496. The van der Waals surface area contributed by atoms with Crippen LogP contribution in [0.5, 0.6) is 0 Å². The lowest BCUT2D eigenvalue weighted by molar-refractivity contribution is -0.384. The molecule has 0 atom stereocenters. The highest BCUT2D eigenvalue weighted by Crippen LogP contribution is 2.24. The largest absolute Gasteiger partial charge is 0.321 e. The first-order valence-corrected chi connectivity index (χ1v) is 8.67. The number of aryl methyl sites for hydroxylation is 1. The summed E-state index contributed by atoms with van der Waals surface area (Å²) >= 11 is 6.05. The van der Waals surface area contributed by atoms with Crippen LogP contribution >= 0.6 is 11.6 Å². The van der Waals surface area contributed by atoms with Crippen LogP contribution in [-0.4, -0.2) is 20.6 Å². The van der Waals surface area contributed by atoms with Gasteiger partial charge in [-0.1, -0.05) is 30.7 Å². The molecule has 2 aromatic carbocycles. The molecule has 1 heterocycles. The van der Waals surface area contributed by atoms with E-state index in [-0.39, 0.29) is 11.6 Å². The summed E-state index contributed by atoms with van der Waals surface area (Å²) in [4.78, 5) is 23.3. The Morgan fingerprint density at radius 1 is 1.30 bits per heavy atom. The summed E-state index contributed by atoms with van der Waals surface area (Å²) in [6.07, 6.45) is 2.06. The summed E-state index contributed by atoms with van der Waals surface area (Å²) in [6.45, 7) is 3.70. The number of benzene rings is 2. The molecule has 0 aliphatic heterocycles. The van der Waals surface area contributed by atoms with Gasteiger partial charge < -0.3 is 5.32 Å². The van der Waals surface area contributed by atoms with Crippen LogP contribution < -0.4 is 5.32 Å². The van der Waals surface area contributed by atoms with E-state index in [0.29, 0.717) is 22.7 Å². The van der Waals surface area contributed by atoms with Crippen LogP contribution in [0.2, 0.25) is 5.02 Å². The number of halogens is 1. The van der Waals surface area contributed by atoms with Crippen molar-refractivity contribution in [2.24, 2.45) is 0 Å². The van der Waals surface area contributed by atoms with Gasteiger partial charge in [0.05, 0.1) is 33.8 Å². The zero-order chi connectivity index (χ0) is 19.6. The molecule has 3 aromatic rings. The average Bonchev–Trinajstić information content (AvgIpc) is 3.07. The number of nitrogens with one attached hydrogen (secondary N) is 1. The third-order valence-electron chi connectivity index (χ3n) is 4.18. The first kappa shape index (κ1) is 18.6. The van der Waals surface area contributed by atoms with Crippen LogP contribution in [0.4, 0.5) is 11.4 Å². The summed E-state index contributed by atoms with van der Waals surface area (Å²) in [5.74, 6) is -0.372. The van der Waals surface area contributed by atoms with E-state index in [0.717, 1.165) is 16.9 Å². The zero-order valence-electron chi connectivity index (χ0n) is 14.8. The number of carbonyl (C=O) groups is 1. The Morgan fingerprint density at radius 2 is 2.07 bits per heavy atom. The molecule has 0 aliphatic rings. The molecule has 1 aromatic heterocycles. The molecule has 1 N–H and O–H groups in total. The Balaban J connectivity index is 1.94. The van der Waals surface area contributed by atoms with Crippen LogP contribution in [0.15, 0.2) is 48.7 Å². The number of anilines is 1. The lowest BCUT2D eigenvalue weighted by atomic mass is 10.1. The molecule has 7 nitrogen and oxygen atoms in total. The quantitative estimate of drug-likeness (QED) is 0.515. The van der Waals surface area contributed by atoms with Crippen LogP contribution in [0, 0.1) is 17.0 Å². The second-order valence-electron chi connectivity index (χ2n) is 5.96. The Morgan fingerprint density at radius 3 is 2.74 bits per heavy atom. The van der Waals surface area contributed by atoms with Gasteiger partial charge in [0.2, 0.25) is 0 Å². The molecule has 0 saturated carbocycles. The fraction of sp³-hybridized carbons (Fsp3) is 0.158. The monoisotopic (exact) mass is 384 g/mol. The van der Waals surface area contributed by atoms with Crippen molar-refractivity contribution in [2.45, 2.75) is 20.3 Å². The summed E-state index contributed by atoms with van der Waals surface area (Å²) in [5, 5.41) is 18.6. The molecule has 0 unspecified atom stereocenters. The number of nitro groups is 1. The molecule has 0 aliphatic carbocycles. The highest BCUT2D eigenvalue weighted by Gasteiger charge is 2.19. The Labute approximate surface area is 160 Å². The van der Waals surface area contributed by atoms with Crippen molar-refractivity contribution in [3.05, 3.63) is 80.6 Å². The van der Waals surface area contributed by atoms with Gasteiger partial charge >= 0.3 is 0 Å². The molecular weight excluding hydrogens is 368 g/mol. The number of hydrogen-bond acceptors (Lipinski definition) is 4. The summed E-state index contributed by atoms with van der Waals surface area (Å²) < 4.78 is 1.67. The van der Waals surface area contributed by atoms with Crippen LogP contribution in [-0.2, 0) is 6.42 Å². The van der Waals surface area contributed by atoms with Gasteiger partial charge in [0.25, 0.3) is 11.6 Å². The molecule has 8 heteroatoms. The molecule has 0 saturated heterocycles. The number of non-ortho nitro benzene ring substituents is 1. The van der Waals surface area contributed by atoms with E-state index >= 15 is 0 Å². The van der Waals surface area contributed by atoms with E-state index in [1.54, 1.807) is 29.8 Å². The standard InChI is InChI=1S/C19H17ClN4O3/c1-3-18-16(11-21-23(18)14-6-4-5-13(20)9-14)19(25)22-17-10-15(24(26)27)8-7-12(17)2/h4-11H,3H2,1-2H3,(H,22,25). The van der Waals surface area contributed by atoms with Crippen molar-refractivity contribution in [1.82, 2.24) is 9.78 Å². The number of aromatic nitrogens is 2. The van der Waals surface area contributed by atoms with Gasteiger partial charge in [-0.15, -0.1) is 0 Å². The molecule has 0 spiro atoms. The maximum Gasteiger partial charge on any atom is 0.271 e. The van der Waals surface area contributed by atoms with Gasteiger partial charge in [0, 0.05) is 17.2 Å². The Bertz CT molecular complexity index is 1030. The van der Waals surface area contributed by atoms with Crippen LogP contribution in [0.3, 0.4) is 0 Å². The fourth-order valence-electron chi connectivity index (χ4n) is 2.78. The van der Waals surface area contributed by atoms with Gasteiger partial charge in [0.15, 0.2) is 0 Å². The van der Waals surface area contributed by atoms with Gasteiger partial charge in [0.1, 0.15) is 0 Å². The molecule has 0 fully saturated rings. The first-order chi connectivity index (χ1) is 12.9. The Kier molecular flexibility index (Phi) is 5.23. The van der Waals surface area contributed by atoms with E-state index in [2.05, 4.69) is 10.4 Å². The van der Waals surface area contributed by atoms with Crippen molar-refractivity contribution in [3.63, 3.8) is 0 Å². The van der Waals surface area contributed by atoms with E-state index < -0.39 is 4.92 Å². The average molecular weight is 385 g/mol. The number of carbonyl (C=O) groups excluding carboxylic acids is 1. The predicted octanol–water partition coefficient (Wildman–Crippen LogP) is 4.56. The van der Waals surface area contributed by atoms with Crippen molar-refractivity contribution in [2.75, 3.05) is 5.32 Å². The highest BCUT2D eigenvalue weighted by atomic mass is 35.5. The SMILES string of the molecule is CCc1c(C(=O)Nc2cc([N+](=O)[O-])ccc2C)cnn1-c1cccc(Cl)c1. The van der Waals surface area contributed by atoms with E-state index in [4.69, 9.17) is 11.6 Å². The molecule has 0 bridgehead atoms. The van der Waals surface area contributed by atoms with Crippen LogP contribution in [0.25, 0.3) is 5.69 Å². The minimum Gasteiger partial charge on any atom is -0.321 e. The highest BCUT2D eigenvalue weighted by molar-refractivity contribution is 6.30. The molecule has 1 amide bonds. The maximum absolute atomic E-state index is 12.8. The van der Waals surface area contributed by atoms with Gasteiger partial charge in [-0.3, -0.25) is 14.9 Å². The summed E-state index contributed by atoms with van der Waals surface area (Å²) in [5.41, 5.74) is 2.92.